The molecule has 0 spiro atoms. The Hall–Kier alpha value is -0.890. The highest BCUT2D eigenvalue weighted by Crippen LogP contribution is 2.48. The highest BCUT2D eigenvalue weighted by Gasteiger charge is 2.45. The van der Waals surface area contributed by atoms with Crippen molar-refractivity contribution in [1.29, 1.82) is 0 Å². The molecule has 68 valence electrons. The third-order valence-corrected chi connectivity index (χ3v) is 2.83. The Bertz CT molecular complexity index is 358. The van der Waals surface area contributed by atoms with Gasteiger partial charge in [0.15, 0.2) is 0 Å². The summed E-state index contributed by atoms with van der Waals surface area (Å²) in [6, 6.07) is 3.80. The summed E-state index contributed by atoms with van der Waals surface area (Å²) in [6.07, 6.45) is 2.80. The van der Waals surface area contributed by atoms with Gasteiger partial charge in [-0.1, -0.05) is 17.7 Å². The fourth-order valence-electron chi connectivity index (χ4n) is 1.48. The van der Waals surface area contributed by atoms with Crippen LogP contribution < -0.4 is 0 Å². The smallest absolute Gasteiger partial charge is 0.133 e. The molecule has 2 nitrogen and oxygen atoms in total. The quantitative estimate of drug-likeness (QED) is 0.535. The number of pyridine rings is 1. The zero-order valence-corrected chi connectivity index (χ0v) is 8.14. The van der Waals surface area contributed by atoms with Crippen LogP contribution in [0.25, 0.3) is 0 Å². The number of aryl methyl sites for hydroxylation is 1. The van der Waals surface area contributed by atoms with Gasteiger partial charge in [0.2, 0.25) is 0 Å². The number of nitrogens with zero attached hydrogens (tertiary/aromatic N) is 1. The van der Waals surface area contributed by atoms with E-state index in [1.165, 1.54) is 0 Å². The van der Waals surface area contributed by atoms with Crippen LogP contribution in [0.15, 0.2) is 12.1 Å². The number of halogens is 1. The summed E-state index contributed by atoms with van der Waals surface area (Å²) in [4.78, 5) is 15.0. The predicted octanol–water partition coefficient (Wildman–Crippen LogP) is 2.27. The third kappa shape index (κ3) is 1.35. The Kier molecular flexibility index (Phi) is 1.88. The molecule has 0 N–H and O–H groups in total. The van der Waals surface area contributed by atoms with Crippen LogP contribution in [-0.2, 0) is 10.2 Å². The normalized spacial score (nSPS) is 18.3. The van der Waals surface area contributed by atoms with Crippen molar-refractivity contribution in [3.05, 3.63) is 28.5 Å². The van der Waals surface area contributed by atoms with E-state index in [1.54, 1.807) is 0 Å². The van der Waals surface area contributed by atoms with Crippen molar-refractivity contribution >= 4 is 17.9 Å². The minimum Gasteiger partial charge on any atom is -0.302 e. The number of hydrogen-bond acceptors (Lipinski definition) is 2. The van der Waals surface area contributed by atoms with Crippen LogP contribution in [0.4, 0.5) is 0 Å². The molecule has 0 atom stereocenters. The Morgan fingerprint density at radius 3 is 2.69 bits per heavy atom. The molecule has 0 aromatic carbocycles. The van der Waals surface area contributed by atoms with E-state index in [0.29, 0.717) is 5.15 Å². The molecule has 0 bridgehead atoms. The molecule has 0 amide bonds. The van der Waals surface area contributed by atoms with Crippen molar-refractivity contribution in [3.8, 4) is 0 Å². The van der Waals surface area contributed by atoms with Gasteiger partial charge < -0.3 is 4.79 Å². The monoisotopic (exact) mass is 195 g/mol. The largest absolute Gasteiger partial charge is 0.302 e. The fourth-order valence-corrected chi connectivity index (χ4v) is 1.87. The maximum atomic E-state index is 10.8. The van der Waals surface area contributed by atoms with Crippen molar-refractivity contribution in [2.75, 3.05) is 0 Å². The summed E-state index contributed by atoms with van der Waals surface area (Å²) in [5.74, 6) is 0. The topological polar surface area (TPSA) is 30.0 Å². The van der Waals surface area contributed by atoms with Crippen molar-refractivity contribution in [2.24, 2.45) is 0 Å². The molecule has 1 fully saturated rings. The van der Waals surface area contributed by atoms with Crippen LogP contribution in [0.2, 0.25) is 5.15 Å². The van der Waals surface area contributed by atoms with Gasteiger partial charge >= 0.3 is 0 Å². The first-order chi connectivity index (χ1) is 6.18. The second kappa shape index (κ2) is 2.81. The van der Waals surface area contributed by atoms with Crippen molar-refractivity contribution in [2.45, 2.75) is 25.2 Å². The van der Waals surface area contributed by atoms with E-state index >= 15 is 0 Å². The summed E-state index contributed by atoms with van der Waals surface area (Å²) in [5, 5.41) is 0.476. The van der Waals surface area contributed by atoms with Gasteiger partial charge in [0.05, 0.1) is 5.41 Å². The molecule has 0 aliphatic heterocycles. The van der Waals surface area contributed by atoms with Gasteiger partial charge in [-0.05, 0) is 25.8 Å². The number of aldehydes is 1. The van der Waals surface area contributed by atoms with Crippen LogP contribution in [0.5, 0.6) is 0 Å². The maximum absolute atomic E-state index is 10.8. The van der Waals surface area contributed by atoms with Crippen molar-refractivity contribution in [3.63, 3.8) is 0 Å². The lowest BCUT2D eigenvalue weighted by Crippen LogP contribution is -2.09. The van der Waals surface area contributed by atoms with Gasteiger partial charge in [-0.15, -0.1) is 0 Å². The molecule has 13 heavy (non-hydrogen) atoms. The lowest BCUT2D eigenvalue weighted by Gasteiger charge is -2.08. The molecule has 0 unspecified atom stereocenters. The van der Waals surface area contributed by atoms with Crippen molar-refractivity contribution < 1.29 is 4.79 Å². The first kappa shape index (κ1) is 8.70. The van der Waals surface area contributed by atoms with Crippen LogP contribution in [0.1, 0.15) is 24.1 Å². The van der Waals surface area contributed by atoms with Gasteiger partial charge in [0, 0.05) is 11.3 Å². The van der Waals surface area contributed by atoms with Crippen LogP contribution >= 0.6 is 11.6 Å². The number of carbonyl (C=O) groups is 1. The molecule has 1 aromatic rings. The van der Waals surface area contributed by atoms with E-state index in [4.69, 9.17) is 11.6 Å². The third-order valence-electron chi connectivity index (χ3n) is 2.54. The molecule has 0 radical (unpaired) electrons. The van der Waals surface area contributed by atoms with Crippen LogP contribution in [0, 0.1) is 6.92 Å². The Labute approximate surface area is 81.9 Å². The first-order valence-corrected chi connectivity index (χ1v) is 4.66. The van der Waals surface area contributed by atoms with Gasteiger partial charge in [-0.25, -0.2) is 4.98 Å². The van der Waals surface area contributed by atoms with Crippen LogP contribution in [-0.4, -0.2) is 11.3 Å². The van der Waals surface area contributed by atoms with E-state index in [-0.39, 0.29) is 5.41 Å². The van der Waals surface area contributed by atoms with Gasteiger partial charge in [-0.3, -0.25) is 0 Å². The highest BCUT2D eigenvalue weighted by atomic mass is 35.5. The van der Waals surface area contributed by atoms with Gasteiger partial charge in [-0.2, -0.15) is 0 Å². The predicted molar refractivity (Wildman–Crippen MR) is 51.0 cm³/mol. The summed E-state index contributed by atoms with van der Waals surface area (Å²) in [5.41, 5.74) is 1.46. The Morgan fingerprint density at radius 1 is 1.54 bits per heavy atom. The van der Waals surface area contributed by atoms with E-state index < -0.39 is 0 Å². The molecular formula is C10H10ClNO. The Balaban J connectivity index is 2.47. The zero-order valence-electron chi connectivity index (χ0n) is 7.38. The standard InChI is InChI=1S/C10H10ClNO/c1-7-2-3-8(9(11)12-7)10(6-13)4-5-10/h2-3,6H,4-5H2,1H3. The lowest BCUT2D eigenvalue weighted by atomic mass is 10.00. The molecule has 3 heteroatoms. The number of hydrogen-bond donors (Lipinski definition) is 0. The number of rotatable bonds is 2. The molecule has 1 aliphatic rings. The zero-order chi connectivity index (χ0) is 9.47. The summed E-state index contributed by atoms with van der Waals surface area (Å²) < 4.78 is 0. The molecule has 1 aliphatic carbocycles. The average Bonchev–Trinajstić information content (AvgIpc) is 2.85. The second-order valence-corrected chi connectivity index (χ2v) is 3.92. The molecule has 1 saturated carbocycles. The van der Waals surface area contributed by atoms with Crippen molar-refractivity contribution in [1.82, 2.24) is 4.98 Å². The van der Waals surface area contributed by atoms with Gasteiger partial charge in [0.25, 0.3) is 0 Å². The summed E-state index contributed by atoms with van der Waals surface area (Å²) in [6.45, 7) is 1.89. The molecule has 1 aromatic heterocycles. The van der Waals surface area contributed by atoms with E-state index in [1.807, 2.05) is 19.1 Å². The first-order valence-electron chi connectivity index (χ1n) is 4.28. The molecule has 1 heterocycles. The molecule has 0 saturated heterocycles. The maximum Gasteiger partial charge on any atom is 0.133 e. The SMILES string of the molecule is Cc1ccc(C2(C=O)CC2)c(Cl)n1. The van der Waals surface area contributed by atoms with E-state index in [0.717, 1.165) is 30.4 Å². The molecular weight excluding hydrogens is 186 g/mol. The minimum atomic E-state index is -0.308. The fraction of sp³-hybridized carbons (Fsp3) is 0.400. The van der Waals surface area contributed by atoms with E-state index in [2.05, 4.69) is 4.98 Å². The average molecular weight is 196 g/mol. The summed E-state index contributed by atoms with van der Waals surface area (Å²) >= 11 is 5.96. The number of aromatic nitrogens is 1. The lowest BCUT2D eigenvalue weighted by molar-refractivity contribution is -0.109. The molecule has 2 rings (SSSR count). The van der Waals surface area contributed by atoms with E-state index in [9.17, 15) is 4.79 Å². The second-order valence-electron chi connectivity index (χ2n) is 3.56. The Morgan fingerprint density at radius 2 is 2.23 bits per heavy atom. The van der Waals surface area contributed by atoms with Gasteiger partial charge in [0.1, 0.15) is 11.4 Å². The summed E-state index contributed by atoms with van der Waals surface area (Å²) in [7, 11) is 0. The highest BCUT2D eigenvalue weighted by molar-refractivity contribution is 6.30. The number of carbonyl (C=O) groups excluding carboxylic acids is 1. The minimum absolute atomic E-state index is 0.308. The van der Waals surface area contributed by atoms with Crippen LogP contribution in [0.3, 0.4) is 0 Å².